The Balaban J connectivity index is 2.05. The first-order valence-corrected chi connectivity index (χ1v) is 10.3. The average molecular weight is 402 g/mol. The number of hydrogen-bond donors (Lipinski definition) is 2. The van der Waals surface area contributed by atoms with E-state index in [2.05, 4.69) is 47.8 Å². The van der Waals surface area contributed by atoms with Gasteiger partial charge in [0.1, 0.15) is 11.8 Å². The maximum atomic E-state index is 12.0. The van der Waals surface area contributed by atoms with Gasteiger partial charge in [-0.15, -0.1) is 0 Å². The quantitative estimate of drug-likeness (QED) is 0.623. The topological polar surface area (TPSA) is 58.6 Å². The van der Waals surface area contributed by atoms with Crippen molar-refractivity contribution in [2.24, 2.45) is 5.92 Å². The standard InChI is InChI=1S/C26H27NO3/c1-17(2)24(25(28)29)27-26(30-3)16-15-19-10-5-7-13-21(19)23(26)22-14-8-11-18-9-4-6-12-20(18)22/h4-15,17,24,27H,16H2,1-3H3,(H,28,29). The Bertz CT molecular complexity index is 1210. The molecule has 0 aliphatic heterocycles. The van der Waals surface area contributed by atoms with Crippen LogP contribution in [0.3, 0.4) is 0 Å². The summed E-state index contributed by atoms with van der Waals surface area (Å²) in [6.45, 7) is 3.82. The molecule has 154 valence electrons. The molecule has 4 nitrogen and oxygen atoms in total. The number of benzene rings is 3. The fraction of sp³-hybridized carbons (Fsp3) is 0.269. The van der Waals surface area contributed by atoms with Crippen molar-refractivity contribution in [2.75, 3.05) is 7.11 Å². The molecule has 30 heavy (non-hydrogen) atoms. The van der Waals surface area contributed by atoms with E-state index in [9.17, 15) is 9.90 Å². The zero-order valence-corrected chi connectivity index (χ0v) is 17.6. The van der Waals surface area contributed by atoms with E-state index in [0.29, 0.717) is 6.42 Å². The fourth-order valence-electron chi connectivity index (χ4n) is 4.42. The molecule has 0 bridgehead atoms. The third-order valence-corrected chi connectivity index (χ3v) is 5.97. The lowest BCUT2D eigenvalue weighted by Gasteiger charge is -2.40. The van der Waals surface area contributed by atoms with Crippen LogP contribution in [0.4, 0.5) is 0 Å². The highest BCUT2D eigenvalue weighted by Crippen LogP contribution is 2.35. The summed E-state index contributed by atoms with van der Waals surface area (Å²) in [5, 5.41) is 17.7. The molecule has 0 fully saturated rings. The van der Waals surface area contributed by atoms with E-state index >= 15 is 0 Å². The van der Waals surface area contributed by atoms with Gasteiger partial charge in [-0.3, -0.25) is 10.1 Å². The SMILES string of the molecule is COC1(NC(C(=O)O)C(C)C)CC=c2ccccc2=C1c1cccc2ccccc12. The van der Waals surface area contributed by atoms with Crippen molar-refractivity contribution in [2.45, 2.75) is 32.0 Å². The number of hydrogen-bond acceptors (Lipinski definition) is 3. The highest BCUT2D eigenvalue weighted by molar-refractivity contribution is 5.96. The van der Waals surface area contributed by atoms with Gasteiger partial charge in [0.05, 0.1) is 0 Å². The third-order valence-electron chi connectivity index (χ3n) is 5.97. The molecule has 0 aromatic heterocycles. The minimum atomic E-state index is -0.953. The monoisotopic (exact) mass is 401 g/mol. The van der Waals surface area contributed by atoms with Crippen molar-refractivity contribution in [3.8, 4) is 0 Å². The van der Waals surface area contributed by atoms with Crippen molar-refractivity contribution in [1.29, 1.82) is 0 Å². The van der Waals surface area contributed by atoms with Crippen LogP contribution in [0.5, 0.6) is 0 Å². The van der Waals surface area contributed by atoms with Crippen LogP contribution in [0.2, 0.25) is 0 Å². The Morgan fingerprint density at radius 1 is 1.03 bits per heavy atom. The maximum absolute atomic E-state index is 12.0. The molecule has 3 aromatic carbocycles. The van der Waals surface area contributed by atoms with Crippen LogP contribution in [0.1, 0.15) is 25.8 Å². The predicted octanol–water partition coefficient (Wildman–Crippen LogP) is 3.26. The predicted molar refractivity (Wildman–Crippen MR) is 120 cm³/mol. The minimum Gasteiger partial charge on any atom is -0.480 e. The Morgan fingerprint density at radius 2 is 1.73 bits per heavy atom. The highest BCUT2D eigenvalue weighted by atomic mass is 16.5. The van der Waals surface area contributed by atoms with E-state index in [1.807, 2.05) is 44.2 Å². The summed E-state index contributed by atoms with van der Waals surface area (Å²) < 4.78 is 6.14. The van der Waals surface area contributed by atoms with Crippen molar-refractivity contribution in [1.82, 2.24) is 5.32 Å². The summed E-state index contributed by atoms with van der Waals surface area (Å²) in [5.74, 6) is -0.974. The molecular formula is C26H27NO3. The van der Waals surface area contributed by atoms with Crippen molar-refractivity contribution in [3.05, 3.63) is 82.7 Å². The average Bonchev–Trinajstić information content (AvgIpc) is 2.76. The number of methoxy groups -OCH3 is 1. The number of aliphatic carboxylic acids is 1. The summed E-state index contributed by atoms with van der Waals surface area (Å²) in [7, 11) is 1.65. The Kier molecular flexibility index (Phi) is 5.46. The number of nitrogens with one attached hydrogen (secondary N) is 1. The lowest BCUT2D eigenvalue weighted by Crippen LogP contribution is -2.60. The first kappa shape index (κ1) is 20.3. The molecule has 0 amide bonds. The normalized spacial score (nSPS) is 19.4. The van der Waals surface area contributed by atoms with Gasteiger partial charge >= 0.3 is 5.97 Å². The van der Waals surface area contributed by atoms with Crippen molar-refractivity contribution < 1.29 is 14.6 Å². The minimum absolute atomic E-state index is 0.0968. The maximum Gasteiger partial charge on any atom is 0.321 e. The van der Waals surface area contributed by atoms with Crippen LogP contribution in [0, 0.1) is 5.92 Å². The smallest absolute Gasteiger partial charge is 0.321 e. The Hall–Kier alpha value is -2.95. The van der Waals surface area contributed by atoms with Crippen LogP contribution in [-0.2, 0) is 9.53 Å². The molecule has 1 aliphatic rings. The highest BCUT2D eigenvalue weighted by Gasteiger charge is 2.41. The van der Waals surface area contributed by atoms with Gasteiger partial charge in [-0.05, 0) is 32.7 Å². The first-order chi connectivity index (χ1) is 14.5. The van der Waals surface area contributed by atoms with Crippen LogP contribution in [-0.4, -0.2) is 30.0 Å². The number of rotatable bonds is 6. The molecular weight excluding hydrogens is 374 g/mol. The van der Waals surface area contributed by atoms with Gasteiger partial charge in [0.25, 0.3) is 0 Å². The van der Waals surface area contributed by atoms with Crippen LogP contribution in [0.15, 0.2) is 66.7 Å². The van der Waals surface area contributed by atoms with Gasteiger partial charge in [0.15, 0.2) is 0 Å². The third kappa shape index (κ3) is 3.42. The van der Waals surface area contributed by atoms with Gasteiger partial charge in [0, 0.05) is 19.1 Å². The zero-order chi connectivity index (χ0) is 21.3. The molecule has 0 spiro atoms. The zero-order valence-electron chi connectivity index (χ0n) is 17.6. The Morgan fingerprint density at radius 3 is 2.47 bits per heavy atom. The lowest BCUT2D eigenvalue weighted by molar-refractivity contribution is -0.143. The Labute approximate surface area is 176 Å². The van der Waals surface area contributed by atoms with Crippen LogP contribution < -0.4 is 15.8 Å². The molecule has 1 aliphatic carbocycles. The summed E-state index contributed by atoms with van der Waals surface area (Å²) in [4.78, 5) is 12.0. The number of carbonyl (C=O) groups is 1. The van der Waals surface area contributed by atoms with Crippen molar-refractivity contribution in [3.63, 3.8) is 0 Å². The molecule has 2 unspecified atom stereocenters. The summed E-state index contributed by atoms with van der Waals surface area (Å²) in [6, 6.07) is 22.0. The molecule has 2 atom stereocenters. The molecule has 4 rings (SSSR count). The first-order valence-electron chi connectivity index (χ1n) is 10.3. The number of carboxylic acids is 1. The van der Waals surface area contributed by atoms with Gasteiger partial charge in [-0.2, -0.15) is 0 Å². The van der Waals surface area contributed by atoms with E-state index in [0.717, 1.165) is 32.3 Å². The molecule has 0 radical (unpaired) electrons. The van der Waals surface area contributed by atoms with Gasteiger partial charge in [-0.1, -0.05) is 86.7 Å². The largest absolute Gasteiger partial charge is 0.480 e. The number of carboxylic acid groups (broad SMARTS) is 1. The summed E-state index contributed by atoms with van der Waals surface area (Å²) in [5.41, 5.74) is 1.08. The van der Waals surface area contributed by atoms with Gasteiger partial charge < -0.3 is 9.84 Å². The summed E-state index contributed by atoms with van der Waals surface area (Å²) in [6.07, 6.45) is 2.66. The second-order valence-corrected chi connectivity index (χ2v) is 8.13. The van der Waals surface area contributed by atoms with Gasteiger partial charge in [0.2, 0.25) is 0 Å². The van der Waals surface area contributed by atoms with E-state index in [4.69, 9.17) is 4.74 Å². The second kappa shape index (κ2) is 8.05. The fourth-order valence-corrected chi connectivity index (χ4v) is 4.42. The van der Waals surface area contributed by atoms with Crippen molar-refractivity contribution >= 4 is 28.4 Å². The number of fused-ring (bicyclic) bond motifs is 2. The van der Waals surface area contributed by atoms with E-state index in [-0.39, 0.29) is 5.92 Å². The molecule has 0 saturated carbocycles. The van der Waals surface area contributed by atoms with E-state index in [1.54, 1.807) is 7.11 Å². The van der Waals surface area contributed by atoms with Crippen LogP contribution in [0.25, 0.3) is 22.4 Å². The molecule has 3 aromatic rings. The summed E-state index contributed by atoms with van der Waals surface area (Å²) >= 11 is 0. The van der Waals surface area contributed by atoms with E-state index < -0.39 is 17.7 Å². The molecule has 2 N–H and O–H groups in total. The molecule has 0 saturated heterocycles. The number of ether oxygens (including phenoxy) is 1. The van der Waals surface area contributed by atoms with E-state index in [1.165, 1.54) is 0 Å². The van der Waals surface area contributed by atoms with Gasteiger partial charge in [-0.25, -0.2) is 0 Å². The molecule has 4 heteroatoms. The second-order valence-electron chi connectivity index (χ2n) is 8.13. The lowest BCUT2D eigenvalue weighted by atomic mass is 9.83. The molecule has 0 heterocycles. The van der Waals surface area contributed by atoms with Crippen LogP contribution >= 0.6 is 0 Å².